The lowest BCUT2D eigenvalue weighted by atomic mass is 10.1. The van der Waals surface area contributed by atoms with Gasteiger partial charge in [0, 0.05) is 29.2 Å². The van der Waals surface area contributed by atoms with E-state index in [4.69, 9.17) is 0 Å². The molecule has 1 aromatic heterocycles. The maximum absolute atomic E-state index is 12.2. The molecular formula is C17H21N3O. The van der Waals surface area contributed by atoms with E-state index in [2.05, 4.69) is 15.6 Å². The summed E-state index contributed by atoms with van der Waals surface area (Å²) in [6, 6.07) is 7.99. The van der Waals surface area contributed by atoms with Gasteiger partial charge in [0.1, 0.15) is 0 Å². The molecule has 1 fully saturated rings. The van der Waals surface area contributed by atoms with Gasteiger partial charge >= 0.3 is 6.03 Å². The summed E-state index contributed by atoms with van der Waals surface area (Å²) in [5, 5.41) is 8.13. The molecule has 2 amide bonds. The average Bonchev–Trinajstić information content (AvgIpc) is 2.76. The van der Waals surface area contributed by atoms with Crippen LogP contribution in [-0.2, 0) is 0 Å². The molecule has 21 heavy (non-hydrogen) atoms. The summed E-state index contributed by atoms with van der Waals surface area (Å²) in [6.07, 6.45) is 10.7. The van der Waals surface area contributed by atoms with Gasteiger partial charge in [0.05, 0.1) is 5.69 Å². The third-order valence-electron chi connectivity index (χ3n) is 4.12. The van der Waals surface area contributed by atoms with Crippen LogP contribution in [0.5, 0.6) is 0 Å². The van der Waals surface area contributed by atoms with Crippen molar-refractivity contribution in [3.8, 4) is 0 Å². The summed E-state index contributed by atoms with van der Waals surface area (Å²) in [5.41, 5.74) is 0.834. The van der Waals surface area contributed by atoms with Crippen LogP contribution in [-0.4, -0.2) is 17.1 Å². The second-order valence-corrected chi connectivity index (χ2v) is 5.69. The Kier molecular flexibility index (Phi) is 4.34. The molecule has 1 aliphatic rings. The molecule has 3 rings (SSSR count). The first-order valence-corrected chi connectivity index (χ1v) is 7.73. The van der Waals surface area contributed by atoms with E-state index >= 15 is 0 Å². The van der Waals surface area contributed by atoms with Crippen LogP contribution in [0, 0.1) is 0 Å². The van der Waals surface area contributed by atoms with Crippen LogP contribution in [0.15, 0.2) is 36.7 Å². The second kappa shape index (κ2) is 6.57. The smallest absolute Gasteiger partial charge is 0.319 e. The van der Waals surface area contributed by atoms with Crippen LogP contribution < -0.4 is 10.6 Å². The molecule has 0 atom stereocenters. The van der Waals surface area contributed by atoms with Gasteiger partial charge in [-0.05, 0) is 25.0 Å². The van der Waals surface area contributed by atoms with Gasteiger partial charge in [-0.2, -0.15) is 0 Å². The number of urea groups is 1. The minimum Gasteiger partial charge on any atom is -0.335 e. The highest BCUT2D eigenvalue weighted by molar-refractivity contribution is 6.01. The van der Waals surface area contributed by atoms with Crippen LogP contribution in [0.1, 0.15) is 38.5 Å². The van der Waals surface area contributed by atoms with E-state index in [9.17, 15) is 4.79 Å². The highest BCUT2D eigenvalue weighted by Gasteiger charge is 2.15. The maximum Gasteiger partial charge on any atom is 0.319 e. The fourth-order valence-electron chi connectivity index (χ4n) is 3.00. The summed E-state index contributed by atoms with van der Waals surface area (Å²) >= 11 is 0. The van der Waals surface area contributed by atoms with Crippen molar-refractivity contribution in [3.05, 3.63) is 36.7 Å². The Hall–Kier alpha value is -2.10. The predicted octanol–water partition coefficient (Wildman–Crippen LogP) is 4.08. The van der Waals surface area contributed by atoms with Gasteiger partial charge < -0.3 is 10.6 Å². The molecule has 2 N–H and O–H groups in total. The van der Waals surface area contributed by atoms with Crippen molar-refractivity contribution in [1.82, 2.24) is 10.3 Å². The summed E-state index contributed by atoms with van der Waals surface area (Å²) in [7, 11) is 0. The Morgan fingerprint density at radius 1 is 1.10 bits per heavy atom. The van der Waals surface area contributed by atoms with Crippen LogP contribution in [0.25, 0.3) is 10.8 Å². The zero-order valence-corrected chi connectivity index (χ0v) is 12.1. The first-order valence-electron chi connectivity index (χ1n) is 7.73. The number of carbonyl (C=O) groups is 1. The molecule has 110 valence electrons. The van der Waals surface area contributed by atoms with Gasteiger partial charge in [-0.15, -0.1) is 0 Å². The third-order valence-corrected chi connectivity index (χ3v) is 4.12. The van der Waals surface area contributed by atoms with E-state index in [0.29, 0.717) is 6.04 Å². The molecule has 0 spiro atoms. The fraction of sp³-hybridized carbons (Fsp3) is 0.412. The SMILES string of the molecule is O=C(Nc1cccc2cnccc12)NC1CCCCCC1. The molecule has 0 unspecified atom stereocenters. The van der Waals surface area contributed by atoms with Crippen molar-refractivity contribution in [2.45, 2.75) is 44.6 Å². The number of aromatic nitrogens is 1. The van der Waals surface area contributed by atoms with Gasteiger partial charge in [0.2, 0.25) is 0 Å². The Morgan fingerprint density at radius 2 is 1.90 bits per heavy atom. The fourth-order valence-corrected chi connectivity index (χ4v) is 3.00. The summed E-state index contributed by atoms with van der Waals surface area (Å²) in [6.45, 7) is 0. The predicted molar refractivity (Wildman–Crippen MR) is 85.4 cm³/mol. The molecule has 0 saturated heterocycles. The number of anilines is 1. The van der Waals surface area contributed by atoms with Crippen molar-refractivity contribution in [2.24, 2.45) is 0 Å². The second-order valence-electron chi connectivity index (χ2n) is 5.69. The van der Waals surface area contributed by atoms with E-state index in [1.165, 1.54) is 25.7 Å². The minimum atomic E-state index is -0.105. The summed E-state index contributed by atoms with van der Waals surface area (Å²) in [4.78, 5) is 16.3. The Bertz CT molecular complexity index is 613. The highest BCUT2D eigenvalue weighted by atomic mass is 16.2. The molecule has 4 heteroatoms. The van der Waals surface area contributed by atoms with Crippen LogP contribution in [0.4, 0.5) is 10.5 Å². The zero-order chi connectivity index (χ0) is 14.5. The number of hydrogen-bond donors (Lipinski definition) is 2. The third kappa shape index (κ3) is 3.51. The average molecular weight is 283 g/mol. The number of rotatable bonds is 2. The highest BCUT2D eigenvalue weighted by Crippen LogP contribution is 2.22. The molecule has 1 aromatic carbocycles. The normalized spacial score (nSPS) is 16.4. The van der Waals surface area contributed by atoms with Crippen LogP contribution >= 0.6 is 0 Å². The Labute approximate surface area is 125 Å². The molecule has 0 bridgehead atoms. The van der Waals surface area contributed by atoms with Crippen molar-refractivity contribution in [2.75, 3.05) is 5.32 Å². The molecule has 1 heterocycles. The molecule has 2 aromatic rings. The van der Waals surface area contributed by atoms with Crippen molar-refractivity contribution >= 4 is 22.5 Å². The zero-order valence-electron chi connectivity index (χ0n) is 12.1. The van der Waals surface area contributed by atoms with Crippen LogP contribution in [0.2, 0.25) is 0 Å². The first kappa shape index (κ1) is 13.9. The lowest BCUT2D eigenvalue weighted by Crippen LogP contribution is -2.37. The monoisotopic (exact) mass is 283 g/mol. The molecule has 1 aliphatic carbocycles. The molecule has 0 radical (unpaired) electrons. The Balaban J connectivity index is 1.68. The molecule has 1 saturated carbocycles. The molecule has 0 aliphatic heterocycles. The number of amides is 2. The van der Waals surface area contributed by atoms with Crippen molar-refractivity contribution in [3.63, 3.8) is 0 Å². The lowest BCUT2D eigenvalue weighted by Gasteiger charge is -2.17. The van der Waals surface area contributed by atoms with E-state index in [1.807, 2.05) is 30.5 Å². The molecule has 4 nitrogen and oxygen atoms in total. The Morgan fingerprint density at radius 3 is 2.71 bits per heavy atom. The quantitative estimate of drug-likeness (QED) is 0.816. The summed E-state index contributed by atoms with van der Waals surface area (Å²) in [5.74, 6) is 0. The van der Waals surface area contributed by atoms with Crippen LogP contribution in [0.3, 0.4) is 0 Å². The number of nitrogens with one attached hydrogen (secondary N) is 2. The van der Waals surface area contributed by atoms with E-state index in [1.54, 1.807) is 6.20 Å². The van der Waals surface area contributed by atoms with E-state index < -0.39 is 0 Å². The topological polar surface area (TPSA) is 54.0 Å². The molecular weight excluding hydrogens is 262 g/mol. The number of hydrogen-bond acceptors (Lipinski definition) is 2. The van der Waals surface area contributed by atoms with Crippen molar-refractivity contribution in [1.29, 1.82) is 0 Å². The largest absolute Gasteiger partial charge is 0.335 e. The standard InChI is InChI=1S/C17H21N3O/c21-17(19-14-7-3-1-2-4-8-14)20-16-9-5-6-13-12-18-11-10-15(13)16/h5-6,9-12,14H,1-4,7-8H2,(H2,19,20,21). The van der Waals surface area contributed by atoms with Gasteiger partial charge in [-0.1, -0.05) is 37.8 Å². The number of carbonyl (C=O) groups excluding carboxylic acids is 1. The van der Waals surface area contributed by atoms with E-state index in [0.717, 1.165) is 29.3 Å². The maximum atomic E-state index is 12.2. The number of pyridine rings is 1. The van der Waals surface area contributed by atoms with Gasteiger partial charge in [-0.3, -0.25) is 4.98 Å². The number of fused-ring (bicyclic) bond motifs is 1. The van der Waals surface area contributed by atoms with Crippen molar-refractivity contribution < 1.29 is 4.79 Å². The summed E-state index contributed by atoms with van der Waals surface area (Å²) < 4.78 is 0. The number of nitrogens with zero attached hydrogens (tertiary/aromatic N) is 1. The van der Waals surface area contributed by atoms with Gasteiger partial charge in [-0.25, -0.2) is 4.79 Å². The lowest BCUT2D eigenvalue weighted by molar-refractivity contribution is 0.247. The van der Waals surface area contributed by atoms with E-state index in [-0.39, 0.29) is 6.03 Å². The number of benzene rings is 1. The van der Waals surface area contributed by atoms with Gasteiger partial charge in [0.25, 0.3) is 0 Å². The first-order chi connectivity index (χ1) is 10.3. The van der Waals surface area contributed by atoms with Gasteiger partial charge in [0.15, 0.2) is 0 Å². The minimum absolute atomic E-state index is 0.105.